The van der Waals surface area contributed by atoms with E-state index >= 15 is 0 Å². The molecular weight excluding hydrogens is 304 g/mol. The van der Waals surface area contributed by atoms with E-state index in [4.69, 9.17) is 9.47 Å². The first-order valence-electron chi connectivity index (χ1n) is 7.56. The van der Waals surface area contributed by atoms with E-state index in [0.29, 0.717) is 24.5 Å². The lowest BCUT2D eigenvalue weighted by atomic mass is 10.2. The number of carbonyl (C=O) groups is 1. The summed E-state index contributed by atoms with van der Waals surface area (Å²) in [5, 5.41) is 0. The van der Waals surface area contributed by atoms with Crippen LogP contribution in [0.3, 0.4) is 0 Å². The second-order valence-electron chi connectivity index (χ2n) is 5.10. The summed E-state index contributed by atoms with van der Waals surface area (Å²) in [7, 11) is 3.20. The average molecular weight is 326 g/mol. The van der Waals surface area contributed by atoms with Gasteiger partial charge in [-0.3, -0.25) is 9.36 Å². The van der Waals surface area contributed by atoms with Crippen molar-refractivity contribution < 1.29 is 14.3 Å². The Hall–Kier alpha value is -2.95. The molecule has 0 fully saturated rings. The number of hydrogen-bond acceptors (Lipinski definition) is 4. The van der Waals surface area contributed by atoms with Crippen LogP contribution < -0.4 is 14.4 Å². The number of aromatic nitrogens is 1. The van der Waals surface area contributed by atoms with Gasteiger partial charge in [0.25, 0.3) is 0 Å². The molecule has 5 heteroatoms. The van der Waals surface area contributed by atoms with Gasteiger partial charge < -0.3 is 14.4 Å². The third-order valence-corrected chi connectivity index (χ3v) is 3.63. The van der Waals surface area contributed by atoms with E-state index in [1.54, 1.807) is 32.4 Å². The van der Waals surface area contributed by atoms with Crippen molar-refractivity contribution in [3.8, 4) is 17.3 Å². The largest absolute Gasteiger partial charge is 0.497 e. The van der Waals surface area contributed by atoms with Crippen molar-refractivity contribution >= 4 is 12.1 Å². The molecule has 0 aliphatic rings. The third kappa shape index (κ3) is 3.35. The molecule has 2 rings (SSSR count). The molecule has 0 aliphatic carbocycles. The topological polar surface area (TPSA) is 43.7 Å². The molecule has 1 heterocycles. The Labute approximate surface area is 142 Å². The fourth-order valence-corrected chi connectivity index (χ4v) is 2.60. The molecule has 0 N–H and O–H groups in total. The molecule has 0 bridgehead atoms. The molecule has 0 amide bonds. The average Bonchev–Trinajstić information content (AvgIpc) is 3.00. The number of ether oxygens (including phenoxy) is 2. The van der Waals surface area contributed by atoms with Gasteiger partial charge in [-0.1, -0.05) is 12.2 Å². The Morgan fingerprint density at radius 3 is 2.17 bits per heavy atom. The van der Waals surface area contributed by atoms with Crippen molar-refractivity contribution in [1.82, 2.24) is 4.57 Å². The van der Waals surface area contributed by atoms with Crippen LogP contribution >= 0.6 is 0 Å². The number of benzene rings is 1. The van der Waals surface area contributed by atoms with Crippen LogP contribution in [0.1, 0.15) is 10.4 Å². The van der Waals surface area contributed by atoms with Crippen molar-refractivity contribution in [2.75, 3.05) is 32.2 Å². The molecule has 0 radical (unpaired) electrons. The molecule has 24 heavy (non-hydrogen) atoms. The molecular formula is C19H22N2O3. The van der Waals surface area contributed by atoms with E-state index in [1.807, 2.05) is 33.7 Å². The van der Waals surface area contributed by atoms with Gasteiger partial charge in [-0.25, -0.2) is 0 Å². The maximum atomic E-state index is 11.6. The first-order chi connectivity index (χ1) is 11.7. The highest BCUT2D eigenvalue weighted by Gasteiger charge is 2.21. The summed E-state index contributed by atoms with van der Waals surface area (Å²) in [6.45, 7) is 8.75. The van der Waals surface area contributed by atoms with Crippen molar-refractivity contribution in [1.29, 1.82) is 0 Å². The lowest BCUT2D eigenvalue weighted by Crippen LogP contribution is -2.26. The summed E-state index contributed by atoms with van der Waals surface area (Å²) in [4.78, 5) is 13.6. The summed E-state index contributed by atoms with van der Waals surface area (Å²) in [6, 6.07) is 9.29. The van der Waals surface area contributed by atoms with Gasteiger partial charge in [0, 0.05) is 19.2 Å². The van der Waals surface area contributed by atoms with Crippen LogP contribution in [0.2, 0.25) is 0 Å². The maximum absolute atomic E-state index is 11.6. The summed E-state index contributed by atoms with van der Waals surface area (Å²) in [6.07, 6.45) is 4.41. The van der Waals surface area contributed by atoms with Crippen LogP contribution in [0.5, 0.6) is 11.6 Å². The third-order valence-electron chi connectivity index (χ3n) is 3.63. The molecule has 0 atom stereocenters. The molecule has 0 saturated carbocycles. The highest BCUT2D eigenvalue weighted by Crippen LogP contribution is 2.33. The van der Waals surface area contributed by atoms with Crippen LogP contribution in [0.15, 0.2) is 55.6 Å². The standard InChI is InChI=1S/C19H22N2O3/c1-5-11-20(12-6-2)19-15(14-22)13-18(24-4)21(19)16-7-9-17(23-3)10-8-16/h5-10,13-14H,1-2,11-12H2,3-4H3. The quantitative estimate of drug-likeness (QED) is 0.523. The molecule has 5 nitrogen and oxygen atoms in total. The summed E-state index contributed by atoms with van der Waals surface area (Å²) in [5.74, 6) is 2.08. The van der Waals surface area contributed by atoms with Gasteiger partial charge in [-0.05, 0) is 24.3 Å². The highest BCUT2D eigenvalue weighted by atomic mass is 16.5. The van der Waals surface area contributed by atoms with Gasteiger partial charge in [0.15, 0.2) is 12.2 Å². The van der Waals surface area contributed by atoms with Crippen molar-refractivity contribution in [3.63, 3.8) is 0 Å². The second-order valence-corrected chi connectivity index (χ2v) is 5.10. The second kappa shape index (κ2) is 8.06. The fraction of sp³-hybridized carbons (Fsp3) is 0.211. The lowest BCUT2D eigenvalue weighted by Gasteiger charge is -2.25. The minimum Gasteiger partial charge on any atom is -0.497 e. The van der Waals surface area contributed by atoms with Gasteiger partial charge in [0.1, 0.15) is 11.6 Å². The predicted octanol–water partition coefficient (Wildman–Crippen LogP) is 3.49. The zero-order chi connectivity index (χ0) is 17.5. The minimum absolute atomic E-state index is 0.548. The summed E-state index contributed by atoms with van der Waals surface area (Å²) in [5.41, 5.74) is 1.42. The smallest absolute Gasteiger partial charge is 0.200 e. The van der Waals surface area contributed by atoms with Gasteiger partial charge >= 0.3 is 0 Å². The zero-order valence-corrected chi connectivity index (χ0v) is 14.1. The van der Waals surface area contributed by atoms with Crippen LogP contribution in [-0.2, 0) is 0 Å². The van der Waals surface area contributed by atoms with E-state index in [9.17, 15) is 4.79 Å². The van der Waals surface area contributed by atoms with E-state index in [1.165, 1.54) is 0 Å². The highest BCUT2D eigenvalue weighted by molar-refractivity contribution is 5.86. The predicted molar refractivity (Wildman–Crippen MR) is 96.9 cm³/mol. The number of anilines is 1. The first kappa shape index (κ1) is 17.4. The molecule has 1 aromatic heterocycles. The van der Waals surface area contributed by atoms with E-state index in [2.05, 4.69) is 13.2 Å². The maximum Gasteiger partial charge on any atom is 0.200 e. The Morgan fingerprint density at radius 2 is 1.71 bits per heavy atom. The Bertz CT molecular complexity index is 707. The normalized spacial score (nSPS) is 10.1. The van der Waals surface area contributed by atoms with Crippen LogP contribution in [0.4, 0.5) is 5.82 Å². The van der Waals surface area contributed by atoms with Crippen molar-refractivity contribution in [2.45, 2.75) is 0 Å². The zero-order valence-electron chi connectivity index (χ0n) is 14.1. The van der Waals surface area contributed by atoms with Gasteiger partial charge in [-0.2, -0.15) is 0 Å². The number of nitrogens with zero attached hydrogens (tertiary/aromatic N) is 2. The number of rotatable bonds is 9. The van der Waals surface area contributed by atoms with Gasteiger partial charge in [0.05, 0.1) is 25.5 Å². The summed E-state index contributed by atoms with van der Waals surface area (Å²) < 4.78 is 12.6. The number of aldehydes is 1. The van der Waals surface area contributed by atoms with E-state index in [0.717, 1.165) is 23.5 Å². The van der Waals surface area contributed by atoms with E-state index < -0.39 is 0 Å². The molecule has 1 aromatic carbocycles. The number of methoxy groups -OCH3 is 2. The fourth-order valence-electron chi connectivity index (χ4n) is 2.60. The molecule has 2 aromatic rings. The Balaban J connectivity index is 2.66. The molecule has 0 unspecified atom stereocenters. The van der Waals surface area contributed by atoms with Crippen molar-refractivity contribution in [2.24, 2.45) is 0 Å². The van der Waals surface area contributed by atoms with Crippen LogP contribution in [0, 0.1) is 0 Å². The van der Waals surface area contributed by atoms with Crippen LogP contribution in [0.25, 0.3) is 5.69 Å². The Morgan fingerprint density at radius 1 is 1.08 bits per heavy atom. The SMILES string of the molecule is C=CCN(CC=C)c1c(C=O)cc(OC)n1-c1ccc(OC)cc1. The Kier molecular flexibility index (Phi) is 5.84. The first-order valence-corrected chi connectivity index (χ1v) is 7.56. The monoisotopic (exact) mass is 326 g/mol. The molecule has 0 aliphatic heterocycles. The van der Waals surface area contributed by atoms with E-state index in [-0.39, 0.29) is 0 Å². The molecule has 126 valence electrons. The minimum atomic E-state index is 0.548. The number of hydrogen-bond donors (Lipinski definition) is 0. The van der Waals surface area contributed by atoms with Crippen LogP contribution in [-0.4, -0.2) is 38.2 Å². The summed E-state index contributed by atoms with van der Waals surface area (Å²) >= 11 is 0. The van der Waals surface area contributed by atoms with Gasteiger partial charge in [-0.15, -0.1) is 13.2 Å². The van der Waals surface area contributed by atoms with Crippen molar-refractivity contribution in [3.05, 3.63) is 61.2 Å². The number of carbonyl (C=O) groups excluding carboxylic acids is 1. The molecule has 0 saturated heterocycles. The molecule has 0 spiro atoms. The van der Waals surface area contributed by atoms with Gasteiger partial charge in [0.2, 0.25) is 0 Å². The lowest BCUT2D eigenvalue weighted by molar-refractivity contribution is 0.112.